The SMILES string of the molecule is O=C(Cc1ccc(Cl)cc1)c1ccc(Br)cc1Br. The second-order valence-electron chi connectivity index (χ2n) is 3.85. The summed E-state index contributed by atoms with van der Waals surface area (Å²) in [6.45, 7) is 0. The van der Waals surface area contributed by atoms with Crippen LogP contribution in [0, 0.1) is 0 Å². The first-order valence-electron chi connectivity index (χ1n) is 5.29. The van der Waals surface area contributed by atoms with Crippen molar-refractivity contribution < 1.29 is 4.79 Å². The Hall–Kier alpha value is -0.640. The van der Waals surface area contributed by atoms with Crippen LogP contribution in [-0.4, -0.2) is 5.78 Å². The summed E-state index contributed by atoms with van der Waals surface area (Å²) in [5.41, 5.74) is 1.65. The van der Waals surface area contributed by atoms with Gasteiger partial charge in [-0.2, -0.15) is 0 Å². The van der Waals surface area contributed by atoms with Gasteiger partial charge in [0.1, 0.15) is 0 Å². The lowest BCUT2D eigenvalue weighted by Crippen LogP contribution is -2.04. The summed E-state index contributed by atoms with van der Waals surface area (Å²) in [4.78, 5) is 12.2. The van der Waals surface area contributed by atoms with Crippen LogP contribution in [0.1, 0.15) is 15.9 Å². The molecule has 0 saturated carbocycles. The fourth-order valence-corrected chi connectivity index (χ4v) is 2.99. The molecule has 0 N–H and O–H groups in total. The maximum absolute atomic E-state index is 12.2. The van der Waals surface area contributed by atoms with E-state index in [1.165, 1.54) is 0 Å². The Kier molecular flexibility index (Phi) is 4.60. The largest absolute Gasteiger partial charge is 0.294 e. The molecule has 0 unspecified atom stereocenters. The molecule has 0 bridgehead atoms. The normalized spacial score (nSPS) is 10.4. The lowest BCUT2D eigenvalue weighted by atomic mass is 10.0. The van der Waals surface area contributed by atoms with Gasteiger partial charge in [0.15, 0.2) is 5.78 Å². The van der Waals surface area contributed by atoms with Crippen LogP contribution in [0.15, 0.2) is 51.4 Å². The molecule has 92 valence electrons. The van der Waals surface area contributed by atoms with Gasteiger partial charge in [-0.15, -0.1) is 0 Å². The van der Waals surface area contributed by atoms with Gasteiger partial charge in [-0.1, -0.05) is 55.6 Å². The van der Waals surface area contributed by atoms with E-state index in [1.807, 2.05) is 30.3 Å². The summed E-state index contributed by atoms with van der Waals surface area (Å²) >= 11 is 12.6. The summed E-state index contributed by atoms with van der Waals surface area (Å²) in [6.07, 6.45) is 0.372. The van der Waals surface area contributed by atoms with Gasteiger partial charge >= 0.3 is 0 Å². The second kappa shape index (κ2) is 6.00. The van der Waals surface area contributed by atoms with E-state index in [1.54, 1.807) is 12.1 Å². The Bertz CT molecular complexity index is 579. The maximum Gasteiger partial charge on any atom is 0.168 e. The number of benzene rings is 2. The first-order chi connectivity index (χ1) is 8.56. The third-order valence-corrected chi connectivity index (χ3v) is 3.91. The first kappa shape index (κ1) is 13.8. The zero-order valence-corrected chi connectivity index (χ0v) is 13.2. The smallest absolute Gasteiger partial charge is 0.168 e. The van der Waals surface area contributed by atoms with Crippen molar-refractivity contribution in [1.29, 1.82) is 0 Å². The van der Waals surface area contributed by atoms with Gasteiger partial charge in [0, 0.05) is 26.0 Å². The monoisotopic (exact) mass is 386 g/mol. The Morgan fingerprint density at radius 2 is 1.72 bits per heavy atom. The highest BCUT2D eigenvalue weighted by Gasteiger charge is 2.11. The molecule has 0 amide bonds. The summed E-state index contributed by atoms with van der Waals surface area (Å²) < 4.78 is 1.74. The molecule has 0 aromatic heterocycles. The number of halogens is 3. The molecular formula is C14H9Br2ClO. The van der Waals surface area contributed by atoms with E-state index in [0.717, 1.165) is 14.5 Å². The average molecular weight is 388 g/mol. The summed E-state index contributed by atoms with van der Waals surface area (Å²) in [5, 5.41) is 0.677. The highest BCUT2D eigenvalue weighted by Crippen LogP contribution is 2.23. The summed E-state index contributed by atoms with van der Waals surface area (Å²) in [5.74, 6) is 0.0803. The van der Waals surface area contributed by atoms with Gasteiger partial charge in [-0.05, 0) is 35.9 Å². The predicted octanol–water partition coefficient (Wildman–Crippen LogP) is 5.29. The molecule has 1 nitrogen and oxygen atoms in total. The second-order valence-corrected chi connectivity index (χ2v) is 6.06. The topological polar surface area (TPSA) is 17.1 Å². The van der Waals surface area contributed by atoms with E-state index in [0.29, 0.717) is 17.0 Å². The van der Waals surface area contributed by atoms with Crippen molar-refractivity contribution in [2.24, 2.45) is 0 Å². The van der Waals surface area contributed by atoms with Crippen LogP contribution in [0.5, 0.6) is 0 Å². The minimum absolute atomic E-state index is 0.0803. The van der Waals surface area contributed by atoms with Crippen molar-refractivity contribution in [2.75, 3.05) is 0 Å². The molecule has 0 aliphatic carbocycles. The molecule has 2 aromatic carbocycles. The Morgan fingerprint density at radius 1 is 1.06 bits per heavy atom. The van der Waals surface area contributed by atoms with E-state index >= 15 is 0 Å². The lowest BCUT2D eigenvalue weighted by molar-refractivity contribution is 0.0992. The molecule has 2 rings (SSSR count). The van der Waals surface area contributed by atoms with Crippen LogP contribution >= 0.6 is 43.5 Å². The van der Waals surface area contributed by atoms with E-state index < -0.39 is 0 Å². The van der Waals surface area contributed by atoms with Gasteiger partial charge in [0.2, 0.25) is 0 Å². The first-order valence-corrected chi connectivity index (χ1v) is 7.25. The van der Waals surface area contributed by atoms with Crippen LogP contribution in [-0.2, 0) is 6.42 Å². The number of hydrogen-bond acceptors (Lipinski definition) is 1. The van der Waals surface area contributed by atoms with Crippen molar-refractivity contribution in [1.82, 2.24) is 0 Å². The zero-order valence-electron chi connectivity index (χ0n) is 9.29. The van der Waals surface area contributed by atoms with Gasteiger partial charge < -0.3 is 0 Å². The molecule has 0 heterocycles. The van der Waals surface area contributed by atoms with Crippen LogP contribution < -0.4 is 0 Å². The molecule has 0 atom stereocenters. The number of rotatable bonds is 3. The van der Waals surface area contributed by atoms with Crippen LogP contribution in [0.4, 0.5) is 0 Å². The third-order valence-electron chi connectivity index (χ3n) is 2.51. The fourth-order valence-electron chi connectivity index (χ4n) is 1.60. The third kappa shape index (κ3) is 3.44. The minimum Gasteiger partial charge on any atom is -0.294 e. The molecule has 4 heteroatoms. The molecule has 18 heavy (non-hydrogen) atoms. The Balaban J connectivity index is 2.19. The van der Waals surface area contributed by atoms with E-state index in [9.17, 15) is 4.79 Å². The maximum atomic E-state index is 12.2. The van der Waals surface area contributed by atoms with Gasteiger partial charge in [0.25, 0.3) is 0 Å². The van der Waals surface area contributed by atoms with Crippen molar-refractivity contribution in [3.8, 4) is 0 Å². The number of carbonyl (C=O) groups is 1. The van der Waals surface area contributed by atoms with Crippen molar-refractivity contribution >= 4 is 49.2 Å². The average Bonchev–Trinajstić information content (AvgIpc) is 2.32. The van der Waals surface area contributed by atoms with Gasteiger partial charge in [0.05, 0.1) is 0 Å². The molecule has 0 aliphatic heterocycles. The standard InChI is InChI=1S/C14H9Br2ClO/c15-10-3-6-12(13(16)8-10)14(18)7-9-1-4-11(17)5-2-9/h1-6,8H,7H2. The Labute approximate surface area is 127 Å². The Morgan fingerprint density at radius 3 is 2.33 bits per heavy atom. The van der Waals surface area contributed by atoms with Crippen molar-refractivity contribution in [3.63, 3.8) is 0 Å². The van der Waals surface area contributed by atoms with Crippen LogP contribution in [0.2, 0.25) is 5.02 Å². The van der Waals surface area contributed by atoms with Crippen LogP contribution in [0.25, 0.3) is 0 Å². The predicted molar refractivity (Wildman–Crippen MR) is 81.3 cm³/mol. The van der Waals surface area contributed by atoms with E-state index in [2.05, 4.69) is 31.9 Å². The fraction of sp³-hybridized carbons (Fsp3) is 0.0714. The molecule has 2 aromatic rings. The summed E-state index contributed by atoms with van der Waals surface area (Å²) in [7, 11) is 0. The quantitative estimate of drug-likeness (QED) is 0.653. The number of carbonyl (C=O) groups excluding carboxylic acids is 1. The lowest BCUT2D eigenvalue weighted by Gasteiger charge is -2.05. The number of hydrogen-bond donors (Lipinski definition) is 0. The molecule has 0 fully saturated rings. The van der Waals surface area contributed by atoms with E-state index in [4.69, 9.17) is 11.6 Å². The highest BCUT2D eigenvalue weighted by molar-refractivity contribution is 9.11. The zero-order chi connectivity index (χ0) is 13.1. The van der Waals surface area contributed by atoms with E-state index in [-0.39, 0.29) is 5.78 Å². The molecular weight excluding hydrogens is 379 g/mol. The number of ketones is 1. The highest BCUT2D eigenvalue weighted by atomic mass is 79.9. The molecule has 0 saturated heterocycles. The van der Waals surface area contributed by atoms with Crippen LogP contribution in [0.3, 0.4) is 0 Å². The van der Waals surface area contributed by atoms with Gasteiger partial charge in [-0.25, -0.2) is 0 Å². The number of Topliss-reactive ketones (excluding diaryl/α,β-unsaturated/α-hetero) is 1. The molecule has 0 radical (unpaired) electrons. The molecule has 0 spiro atoms. The molecule has 0 aliphatic rings. The van der Waals surface area contributed by atoms with Crippen molar-refractivity contribution in [3.05, 3.63) is 67.6 Å². The summed E-state index contributed by atoms with van der Waals surface area (Å²) in [6, 6.07) is 12.9. The van der Waals surface area contributed by atoms with Crippen molar-refractivity contribution in [2.45, 2.75) is 6.42 Å². The van der Waals surface area contributed by atoms with Gasteiger partial charge in [-0.3, -0.25) is 4.79 Å². The minimum atomic E-state index is 0.0803.